The summed E-state index contributed by atoms with van der Waals surface area (Å²) >= 11 is 0. The van der Waals surface area contributed by atoms with Gasteiger partial charge in [0.15, 0.2) is 5.78 Å². The SMILES string of the molecule is CCCOCCCC(=O)CCCCCCCCCCCCCCCCC(=O)O.COCC(=O)NCCOCCOCC(=O)CCCCC[C@H](N)C(C)=O.C[C@@H](CO)C(N)=O. The molecular formula is C45H87N3O12. The van der Waals surface area contributed by atoms with Gasteiger partial charge in [0.05, 0.1) is 38.4 Å². The second-order valence-electron chi connectivity index (χ2n) is 15.4. The summed E-state index contributed by atoms with van der Waals surface area (Å²) in [6.07, 6.45) is 24.5. The monoisotopic (exact) mass is 862 g/mol. The molecule has 0 rings (SSSR count). The highest BCUT2D eigenvalue weighted by Gasteiger charge is 2.08. The number of carbonyl (C=O) groups excluding carboxylic acids is 5. The molecule has 0 spiro atoms. The molecule has 0 unspecified atom stereocenters. The molecule has 2 atom stereocenters. The van der Waals surface area contributed by atoms with Crippen molar-refractivity contribution in [2.45, 2.75) is 181 Å². The summed E-state index contributed by atoms with van der Waals surface area (Å²) in [6.45, 7) is 8.17. The summed E-state index contributed by atoms with van der Waals surface area (Å²) < 4.78 is 20.6. The van der Waals surface area contributed by atoms with Gasteiger partial charge in [-0.3, -0.25) is 28.8 Å². The summed E-state index contributed by atoms with van der Waals surface area (Å²) in [7, 11) is 1.46. The second kappa shape index (κ2) is 48.8. The molecule has 0 aliphatic carbocycles. The van der Waals surface area contributed by atoms with Crippen LogP contribution in [0.2, 0.25) is 0 Å². The third kappa shape index (κ3) is 53.2. The maximum Gasteiger partial charge on any atom is 0.303 e. The van der Waals surface area contributed by atoms with Gasteiger partial charge in [0.2, 0.25) is 11.8 Å². The largest absolute Gasteiger partial charge is 0.481 e. The van der Waals surface area contributed by atoms with Crippen molar-refractivity contribution in [1.82, 2.24) is 5.32 Å². The standard InChI is InChI=1S/C24H46O4.C17H32N2O6.C4H9NO2/c1-2-21-28-22-17-19-23(25)18-15-13-11-9-7-5-3-4-6-8-10-12-14-16-20-24(26)27;1-14(20)16(18)7-5-3-4-6-15(21)12-25-11-10-24-9-8-19-17(22)13-23-2;1-3(2-6)4(5)7/h2-22H2,1H3,(H,26,27);16H,3-13,18H2,1-2H3,(H,19,22);3,6H,2H2,1H3,(H2,5,7)/t;16-;3-/m.00/s1. The number of unbranched alkanes of at least 4 members (excludes halogenated alkanes) is 15. The first-order valence-corrected chi connectivity index (χ1v) is 22.7. The van der Waals surface area contributed by atoms with Gasteiger partial charge in [-0.15, -0.1) is 0 Å². The zero-order valence-corrected chi connectivity index (χ0v) is 38.1. The first kappa shape index (κ1) is 61.5. The molecule has 0 heterocycles. The van der Waals surface area contributed by atoms with E-state index < -0.39 is 17.8 Å². The van der Waals surface area contributed by atoms with Crippen LogP contribution in [0.1, 0.15) is 175 Å². The van der Waals surface area contributed by atoms with E-state index in [1.165, 1.54) is 84.7 Å². The Hall–Kier alpha value is -2.82. The molecule has 2 amide bonds. The van der Waals surface area contributed by atoms with Crippen LogP contribution in [0.4, 0.5) is 0 Å². The lowest BCUT2D eigenvalue weighted by molar-refractivity contribution is -0.137. The van der Waals surface area contributed by atoms with E-state index in [0.717, 1.165) is 71.0 Å². The molecule has 0 saturated heterocycles. The number of ether oxygens (including phenoxy) is 4. The zero-order chi connectivity index (χ0) is 45.5. The highest BCUT2D eigenvalue weighted by Crippen LogP contribution is 2.14. The van der Waals surface area contributed by atoms with E-state index in [9.17, 15) is 28.8 Å². The van der Waals surface area contributed by atoms with Gasteiger partial charge >= 0.3 is 5.97 Å². The average Bonchev–Trinajstić information content (AvgIpc) is 3.21. The molecule has 0 aliphatic rings. The van der Waals surface area contributed by atoms with Crippen LogP contribution in [0.25, 0.3) is 0 Å². The van der Waals surface area contributed by atoms with Crippen molar-refractivity contribution >= 4 is 35.1 Å². The van der Waals surface area contributed by atoms with Crippen molar-refractivity contribution in [2.24, 2.45) is 17.4 Å². The fraction of sp³-hybridized carbons (Fsp3) is 0.867. The Kier molecular flexibility index (Phi) is 50.0. The second-order valence-corrected chi connectivity index (χ2v) is 15.4. The summed E-state index contributed by atoms with van der Waals surface area (Å²) in [4.78, 5) is 65.8. The van der Waals surface area contributed by atoms with E-state index in [1.807, 2.05) is 0 Å². The Morgan fingerprint density at radius 2 is 1.07 bits per heavy atom. The smallest absolute Gasteiger partial charge is 0.303 e. The van der Waals surface area contributed by atoms with Crippen molar-refractivity contribution in [3.63, 3.8) is 0 Å². The zero-order valence-electron chi connectivity index (χ0n) is 38.1. The van der Waals surface area contributed by atoms with E-state index in [1.54, 1.807) is 6.92 Å². The lowest BCUT2D eigenvalue weighted by atomic mass is 10.0. The molecule has 0 saturated carbocycles. The highest BCUT2D eigenvalue weighted by atomic mass is 16.5. The quantitative estimate of drug-likeness (QED) is 0.0418. The Bertz CT molecular complexity index is 1050. The number of aliphatic hydroxyl groups excluding tert-OH is 1. The first-order valence-electron chi connectivity index (χ1n) is 22.7. The van der Waals surface area contributed by atoms with Crippen LogP contribution < -0.4 is 16.8 Å². The average molecular weight is 862 g/mol. The molecule has 7 N–H and O–H groups in total. The number of carbonyl (C=O) groups is 6. The van der Waals surface area contributed by atoms with Gasteiger partial charge in [0.25, 0.3) is 0 Å². The number of carboxylic acids is 1. The third-order valence-corrected chi connectivity index (χ3v) is 9.42. The van der Waals surface area contributed by atoms with Crippen LogP contribution in [0.3, 0.4) is 0 Å². The van der Waals surface area contributed by atoms with Crippen LogP contribution in [-0.4, -0.2) is 118 Å². The van der Waals surface area contributed by atoms with Gasteiger partial charge in [-0.2, -0.15) is 0 Å². The van der Waals surface area contributed by atoms with Crippen molar-refractivity contribution in [3.05, 3.63) is 0 Å². The molecule has 354 valence electrons. The summed E-state index contributed by atoms with van der Waals surface area (Å²) in [5, 5.41) is 19.4. The van der Waals surface area contributed by atoms with E-state index in [2.05, 4.69) is 17.0 Å². The minimum atomic E-state index is -0.669. The number of rotatable bonds is 42. The number of ketones is 3. The minimum absolute atomic E-state index is 0.00375. The molecule has 0 aromatic rings. The maximum absolute atomic E-state index is 11.8. The summed E-state index contributed by atoms with van der Waals surface area (Å²) in [5.74, 6) is -1.25. The lowest BCUT2D eigenvalue weighted by Gasteiger charge is -2.08. The van der Waals surface area contributed by atoms with E-state index in [4.69, 9.17) is 35.9 Å². The summed E-state index contributed by atoms with van der Waals surface area (Å²) in [6, 6.07) is -0.382. The van der Waals surface area contributed by atoms with E-state index >= 15 is 0 Å². The lowest BCUT2D eigenvalue weighted by Crippen LogP contribution is -2.30. The van der Waals surface area contributed by atoms with Crippen LogP contribution >= 0.6 is 0 Å². The molecular weight excluding hydrogens is 775 g/mol. The van der Waals surface area contributed by atoms with Crippen LogP contribution in [0.5, 0.6) is 0 Å². The third-order valence-electron chi connectivity index (χ3n) is 9.42. The molecule has 0 fully saturated rings. The first-order chi connectivity index (χ1) is 28.8. The fourth-order valence-corrected chi connectivity index (χ4v) is 5.54. The van der Waals surface area contributed by atoms with Crippen molar-refractivity contribution in [1.29, 1.82) is 0 Å². The molecule has 60 heavy (non-hydrogen) atoms. The number of hydrogen-bond donors (Lipinski definition) is 5. The highest BCUT2D eigenvalue weighted by molar-refractivity contribution is 5.81. The van der Waals surface area contributed by atoms with Crippen molar-refractivity contribution in [3.8, 4) is 0 Å². The van der Waals surface area contributed by atoms with Gasteiger partial charge in [-0.1, -0.05) is 104 Å². The number of aliphatic hydroxyl groups is 1. The molecule has 0 radical (unpaired) electrons. The van der Waals surface area contributed by atoms with Gasteiger partial charge in [-0.25, -0.2) is 0 Å². The van der Waals surface area contributed by atoms with Gasteiger partial charge < -0.3 is 45.9 Å². The molecule has 15 heteroatoms. The predicted molar refractivity (Wildman–Crippen MR) is 236 cm³/mol. The molecule has 15 nitrogen and oxygen atoms in total. The van der Waals surface area contributed by atoms with Gasteiger partial charge in [-0.05, 0) is 45.4 Å². The Labute approximate surface area is 362 Å². The van der Waals surface area contributed by atoms with Gasteiger partial charge in [0.1, 0.15) is 24.8 Å². The molecule has 0 aromatic carbocycles. The Balaban J connectivity index is -0.000000936. The molecule has 0 aliphatic heterocycles. The maximum atomic E-state index is 11.8. The van der Waals surface area contributed by atoms with Crippen LogP contribution in [-0.2, 0) is 47.7 Å². The van der Waals surface area contributed by atoms with E-state index in [0.29, 0.717) is 57.8 Å². The topological polar surface area (TPSA) is 244 Å². The van der Waals surface area contributed by atoms with Gasteiger partial charge in [0, 0.05) is 52.6 Å². The number of aliphatic carboxylic acids is 1. The minimum Gasteiger partial charge on any atom is -0.481 e. The number of amides is 2. The number of carboxylic acid groups (broad SMARTS) is 1. The number of primary amides is 1. The normalized spacial score (nSPS) is 11.7. The predicted octanol–water partition coefficient (Wildman–Crippen LogP) is 6.41. The Morgan fingerprint density at radius 1 is 0.600 bits per heavy atom. The molecule has 0 bridgehead atoms. The van der Waals surface area contributed by atoms with Crippen molar-refractivity contribution < 1.29 is 57.9 Å². The van der Waals surface area contributed by atoms with E-state index in [-0.39, 0.29) is 43.3 Å². The fourth-order valence-electron chi connectivity index (χ4n) is 5.54. The number of nitrogens with one attached hydrogen (secondary N) is 1. The summed E-state index contributed by atoms with van der Waals surface area (Å²) in [5.41, 5.74) is 10.4. The van der Waals surface area contributed by atoms with Crippen molar-refractivity contribution in [2.75, 3.05) is 66.5 Å². The molecule has 0 aromatic heterocycles. The van der Waals surface area contributed by atoms with Crippen LogP contribution in [0.15, 0.2) is 0 Å². The number of nitrogens with two attached hydrogens (primary N) is 2. The number of hydrogen-bond acceptors (Lipinski definition) is 12. The van der Waals surface area contributed by atoms with Crippen LogP contribution in [0, 0.1) is 5.92 Å². The number of methoxy groups -OCH3 is 1. The Morgan fingerprint density at radius 3 is 1.53 bits per heavy atom. The number of Topliss-reactive ketones (excluding diaryl/α,β-unsaturated/α-hetero) is 3.